The quantitative estimate of drug-likeness (QED) is 0.486. The lowest BCUT2D eigenvalue weighted by molar-refractivity contribution is 0.0611. The first-order valence-corrected chi connectivity index (χ1v) is 13.1. The molecule has 1 amide bonds. The van der Waals surface area contributed by atoms with Gasteiger partial charge >= 0.3 is 0 Å². The van der Waals surface area contributed by atoms with Crippen LogP contribution in [0.3, 0.4) is 0 Å². The number of sulfonamides is 1. The van der Waals surface area contributed by atoms with E-state index >= 15 is 0 Å². The predicted molar refractivity (Wildman–Crippen MR) is 127 cm³/mol. The molecule has 1 aliphatic rings. The van der Waals surface area contributed by atoms with Crippen LogP contribution in [0.15, 0.2) is 47.4 Å². The number of likely N-dealkylation sites (tertiary alicyclic amines) is 1. The number of ether oxygens (including phenoxy) is 2. The Morgan fingerprint density at radius 3 is 2.79 bits per heavy atom. The molecule has 1 N–H and O–H groups in total. The molecule has 176 valence electrons. The molecule has 0 radical (unpaired) electrons. The summed E-state index contributed by atoms with van der Waals surface area (Å²) in [7, 11) is -0.985. The number of aromatic nitrogens is 1. The summed E-state index contributed by atoms with van der Waals surface area (Å²) in [5, 5.41) is 0.909. The molecule has 0 aliphatic carbocycles. The second kappa shape index (κ2) is 10.2. The number of rotatable bonds is 8. The first-order chi connectivity index (χ1) is 15.9. The number of nitrogens with zero attached hydrogens (tertiary/aromatic N) is 2. The molecule has 4 rings (SSSR count). The zero-order valence-electron chi connectivity index (χ0n) is 18.6. The van der Waals surface area contributed by atoms with E-state index in [2.05, 4.69) is 4.72 Å². The number of thiazole rings is 1. The molecule has 0 unspecified atom stereocenters. The number of hydrogen-bond donors (Lipinski definition) is 1. The van der Waals surface area contributed by atoms with Gasteiger partial charge in [0.2, 0.25) is 10.0 Å². The standard InChI is InChI=1S/C23H27N3O5S2/c1-30-14-12-24-33(28,29)21-15-16(10-11-19(21)31-2)23(27)26-13-6-5-8-18(26)22-25-17-7-3-4-9-20(17)32-22/h3-4,7,9-11,15,18,24H,5-6,8,12-14H2,1-2H3/t18-/m1/s1. The van der Waals surface area contributed by atoms with Crippen molar-refractivity contribution in [3.05, 3.63) is 53.0 Å². The molecule has 1 saturated heterocycles. The average molecular weight is 490 g/mol. The number of hydrogen-bond acceptors (Lipinski definition) is 7. The van der Waals surface area contributed by atoms with E-state index in [0.29, 0.717) is 12.1 Å². The Labute approximate surface area is 197 Å². The average Bonchev–Trinajstić information content (AvgIpc) is 3.27. The van der Waals surface area contributed by atoms with Crippen LogP contribution in [0, 0.1) is 0 Å². The van der Waals surface area contributed by atoms with Gasteiger partial charge in [-0.2, -0.15) is 0 Å². The number of carbonyl (C=O) groups excluding carboxylic acids is 1. The van der Waals surface area contributed by atoms with E-state index in [1.807, 2.05) is 29.2 Å². The van der Waals surface area contributed by atoms with E-state index in [1.165, 1.54) is 26.4 Å². The van der Waals surface area contributed by atoms with E-state index < -0.39 is 10.0 Å². The van der Waals surface area contributed by atoms with Crippen molar-refractivity contribution in [2.75, 3.05) is 33.9 Å². The van der Waals surface area contributed by atoms with Crippen molar-refractivity contribution in [3.8, 4) is 5.75 Å². The summed E-state index contributed by atoms with van der Waals surface area (Å²) in [5.41, 5.74) is 1.23. The minimum absolute atomic E-state index is 0.0690. The smallest absolute Gasteiger partial charge is 0.254 e. The fourth-order valence-corrected chi connectivity index (χ4v) is 6.33. The highest BCUT2D eigenvalue weighted by molar-refractivity contribution is 7.89. The predicted octanol–water partition coefficient (Wildman–Crippen LogP) is 3.60. The molecular formula is C23H27N3O5S2. The number of carbonyl (C=O) groups is 1. The number of piperidine rings is 1. The third-order valence-corrected chi connectivity index (χ3v) is 8.28. The normalized spacial score (nSPS) is 16.8. The number of fused-ring (bicyclic) bond motifs is 1. The molecule has 10 heteroatoms. The highest BCUT2D eigenvalue weighted by atomic mass is 32.2. The Hall–Kier alpha value is -2.53. The van der Waals surface area contributed by atoms with Crippen molar-refractivity contribution in [1.29, 1.82) is 0 Å². The largest absolute Gasteiger partial charge is 0.495 e. The SMILES string of the molecule is COCCNS(=O)(=O)c1cc(C(=O)N2CCCC[C@@H]2c2nc3ccccc3s2)ccc1OC. The van der Waals surface area contributed by atoms with Crippen LogP contribution in [-0.2, 0) is 14.8 Å². The van der Waals surface area contributed by atoms with Gasteiger partial charge in [0.25, 0.3) is 5.91 Å². The molecule has 0 spiro atoms. The Kier molecular flexibility index (Phi) is 7.28. The van der Waals surface area contributed by atoms with Gasteiger partial charge in [-0.05, 0) is 49.6 Å². The summed E-state index contributed by atoms with van der Waals surface area (Å²) in [4.78, 5) is 20.1. The molecular weight excluding hydrogens is 462 g/mol. The molecule has 0 bridgehead atoms. The van der Waals surface area contributed by atoms with Gasteiger partial charge in [0.1, 0.15) is 15.7 Å². The number of methoxy groups -OCH3 is 2. The Balaban J connectivity index is 1.65. The molecule has 1 aromatic heterocycles. The minimum atomic E-state index is -3.88. The molecule has 2 aromatic carbocycles. The van der Waals surface area contributed by atoms with Gasteiger partial charge < -0.3 is 14.4 Å². The van der Waals surface area contributed by atoms with E-state index in [-0.39, 0.29) is 35.7 Å². The lowest BCUT2D eigenvalue weighted by Gasteiger charge is -2.34. The molecule has 1 aliphatic heterocycles. The number of benzene rings is 2. The summed E-state index contributed by atoms with van der Waals surface area (Å²) >= 11 is 1.60. The van der Waals surface area contributed by atoms with Crippen molar-refractivity contribution in [3.63, 3.8) is 0 Å². The summed E-state index contributed by atoms with van der Waals surface area (Å²) < 4.78 is 39.4. The lowest BCUT2D eigenvalue weighted by atomic mass is 10.0. The van der Waals surface area contributed by atoms with Crippen molar-refractivity contribution in [2.45, 2.75) is 30.2 Å². The van der Waals surface area contributed by atoms with Crippen LogP contribution in [0.1, 0.15) is 40.7 Å². The van der Waals surface area contributed by atoms with Crippen LogP contribution >= 0.6 is 11.3 Å². The maximum absolute atomic E-state index is 13.6. The molecule has 1 atom stereocenters. The molecule has 33 heavy (non-hydrogen) atoms. The van der Waals surface area contributed by atoms with Gasteiger partial charge in [0.05, 0.1) is 30.0 Å². The van der Waals surface area contributed by atoms with Crippen LogP contribution in [0.2, 0.25) is 0 Å². The van der Waals surface area contributed by atoms with Crippen molar-refractivity contribution in [2.24, 2.45) is 0 Å². The topological polar surface area (TPSA) is 97.8 Å². The van der Waals surface area contributed by atoms with Crippen molar-refractivity contribution in [1.82, 2.24) is 14.6 Å². The lowest BCUT2D eigenvalue weighted by Crippen LogP contribution is -2.38. The van der Waals surface area contributed by atoms with Crippen molar-refractivity contribution < 1.29 is 22.7 Å². The van der Waals surface area contributed by atoms with Gasteiger partial charge in [-0.25, -0.2) is 18.1 Å². The third-order valence-electron chi connectivity index (χ3n) is 5.66. The van der Waals surface area contributed by atoms with E-state index in [1.54, 1.807) is 17.4 Å². The fraction of sp³-hybridized carbons (Fsp3) is 0.391. The van der Waals surface area contributed by atoms with E-state index in [4.69, 9.17) is 14.5 Å². The molecule has 8 nitrogen and oxygen atoms in total. The monoisotopic (exact) mass is 489 g/mol. The van der Waals surface area contributed by atoms with Crippen LogP contribution in [0.4, 0.5) is 0 Å². The first kappa shape index (κ1) is 23.6. The van der Waals surface area contributed by atoms with E-state index in [9.17, 15) is 13.2 Å². The third kappa shape index (κ3) is 5.03. The van der Waals surface area contributed by atoms with Gasteiger partial charge in [0.15, 0.2) is 0 Å². The second-order valence-electron chi connectivity index (χ2n) is 7.79. The van der Waals surface area contributed by atoms with Crippen LogP contribution in [-0.4, -0.2) is 58.1 Å². The maximum atomic E-state index is 13.6. The summed E-state index contributed by atoms with van der Waals surface area (Å²) in [5.74, 6) is -0.0345. The number of para-hydroxylation sites is 1. The molecule has 2 heterocycles. The number of nitrogens with one attached hydrogen (secondary N) is 1. The second-order valence-corrected chi connectivity index (χ2v) is 10.6. The fourth-order valence-electron chi connectivity index (χ4n) is 4.01. The Bertz CT molecular complexity index is 1210. The molecule has 0 saturated carbocycles. The van der Waals surface area contributed by atoms with Gasteiger partial charge in [0, 0.05) is 25.8 Å². The number of amides is 1. The summed E-state index contributed by atoms with van der Waals surface area (Å²) in [6, 6.07) is 12.3. The van der Waals surface area contributed by atoms with Crippen LogP contribution in [0.5, 0.6) is 5.75 Å². The van der Waals surface area contributed by atoms with Gasteiger partial charge in [-0.1, -0.05) is 12.1 Å². The van der Waals surface area contributed by atoms with Gasteiger partial charge in [-0.3, -0.25) is 4.79 Å². The molecule has 3 aromatic rings. The zero-order chi connectivity index (χ0) is 23.4. The van der Waals surface area contributed by atoms with Crippen LogP contribution < -0.4 is 9.46 Å². The Morgan fingerprint density at radius 2 is 2.03 bits per heavy atom. The highest BCUT2D eigenvalue weighted by Gasteiger charge is 2.32. The van der Waals surface area contributed by atoms with E-state index in [0.717, 1.165) is 34.5 Å². The summed E-state index contributed by atoms with van der Waals surface area (Å²) in [6.07, 6.45) is 2.73. The van der Waals surface area contributed by atoms with Crippen LogP contribution in [0.25, 0.3) is 10.2 Å². The first-order valence-electron chi connectivity index (χ1n) is 10.8. The minimum Gasteiger partial charge on any atom is -0.495 e. The maximum Gasteiger partial charge on any atom is 0.254 e. The highest BCUT2D eigenvalue weighted by Crippen LogP contribution is 2.37. The zero-order valence-corrected chi connectivity index (χ0v) is 20.2. The Morgan fingerprint density at radius 1 is 1.21 bits per heavy atom. The summed E-state index contributed by atoms with van der Waals surface area (Å²) in [6.45, 7) is 0.948. The van der Waals surface area contributed by atoms with Gasteiger partial charge in [-0.15, -0.1) is 11.3 Å². The van der Waals surface area contributed by atoms with Crippen molar-refractivity contribution >= 4 is 37.5 Å². The molecule has 1 fully saturated rings.